The first-order valence-corrected chi connectivity index (χ1v) is 6.90. The van der Waals surface area contributed by atoms with Crippen molar-refractivity contribution in [1.29, 1.82) is 0 Å². The largest absolute Gasteiger partial charge is 0.378 e. The van der Waals surface area contributed by atoms with Crippen LogP contribution in [0.3, 0.4) is 0 Å². The van der Waals surface area contributed by atoms with Gasteiger partial charge in [-0.3, -0.25) is 10.1 Å². The monoisotopic (exact) mass is 277 g/mol. The lowest BCUT2D eigenvalue weighted by Crippen LogP contribution is -2.01. The quantitative estimate of drug-likeness (QED) is 0.670. The van der Waals surface area contributed by atoms with Crippen LogP contribution in [0.15, 0.2) is 23.6 Å². The Morgan fingerprint density at radius 2 is 2.26 bits per heavy atom. The van der Waals surface area contributed by atoms with Gasteiger partial charge in [-0.05, 0) is 19.4 Å². The van der Waals surface area contributed by atoms with Gasteiger partial charge in [0, 0.05) is 28.4 Å². The van der Waals surface area contributed by atoms with Crippen molar-refractivity contribution in [3.63, 3.8) is 0 Å². The highest BCUT2D eigenvalue weighted by molar-refractivity contribution is 7.09. The fourth-order valence-corrected chi connectivity index (χ4v) is 2.52. The molecule has 0 radical (unpaired) electrons. The Bertz CT molecular complexity index is 595. The smallest absolute Gasteiger partial charge is 0.274 e. The number of rotatable bonds is 5. The highest BCUT2D eigenvalue weighted by Crippen LogP contribution is 2.24. The number of anilines is 1. The van der Waals surface area contributed by atoms with Gasteiger partial charge in [-0.25, -0.2) is 4.98 Å². The van der Waals surface area contributed by atoms with Crippen molar-refractivity contribution in [3.8, 4) is 0 Å². The molecule has 0 aliphatic carbocycles. The van der Waals surface area contributed by atoms with Gasteiger partial charge in [0.05, 0.1) is 11.5 Å². The van der Waals surface area contributed by atoms with E-state index >= 15 is 0 Å². The van der Waals surface area contributed by atoms with Gasteiger partial charge in [0.15, 0.2) is 0 Å². The summed E-state index contributed by atoms with van der Waals surface area (Å²) in [6, 6.07) is 5.25. The molecule has 0 aliphatic heterocycles. The molecule has 1 heterocycles. The van der Waals surface area contributed by atoms with Crippen LogP contribution in [0.1, 0.15) is 23.2 Å². The van der Waals surface area contributed by atoms with Crippen LogP contribution in [0.4, 0.5) is 11.4 Å². The van der Waals surface area contributed by atoms with E-state index in [9.17, 15) is 10.1 Å². The molecular weight excluding hydrogens is 262 g/mol. The van der Waals surface area contributed by atoms with Gasteiger partial charge in [0.2, 0.25) is 0 Å². The molecule has 2 rings (SSSR count). The summed E-state index contributed by atoms with van der Waals surface area (Å²) in [6.07, 6.45) is 0.655. The first-order chi connectivity index (χ1) is 9.10. The number of aromatic nitrogens is 1. The summed E-state index contributed by atoms with van der Waals surface area (Å²) in [5.41, 5.74) is 2.66. The number of nitro benzene ring substituents is 1. The molecule has 0 atom stereocenters. The topological polar surface area (TPSA) is 68.1 Å². The second kappa shape index (κ2) is 5.79. The van der Waals surface area contributed by atoms with Gasteiger partial charge in [-0.1, -0.05) is 13.0 Å². The van der Waals surface area contributed by atoms with E-state index in [0.29, 0.717) is 13.0 Å². The zero-order chi connectivity index (χ0) is 13.8. The number of nitrogens with zero attached hydrogens (tertiary/aromatic N) is 2. The average Bonchev–Trinajstić information content (AvgIpc) is 2.81. The van der Waals surface area contributed by atoms with Crippen LogP contribution in [-0.2, 0) is 13.0 Å². The molecule has 6 heteroatoms. The van der Waals surface area contributed by atoms with Crippen molar-refractivity contribution in [2.45, 2.75) is 26.8 Å². The van der Waals surface area contributed by atoms with Crippen LogP contribution >= 0.6 is 11.3 Å². The van der Waals surface area contributed by atoms with Crippen molar-refractivity contribution in [2.75, 3.05) is 5.32 Å². The van der Waals surface area contributed by atoms with E-state index in [1.54, 1.807) is 23.5 Å². The molecule has 0 unspecified atom stereocenters. The maximum absolute atomic E-state index is 11.0. The van der Waals surface area contributed by atoms with Crippen LogP contribution < -0.4 is 5.32 Å². The van der Waals surface area contributed by atoms with Gasteiger partial charge >= 0.3 is 0 Å². The number of hydrogen-bond donors (Lipinski definition) is 1. The normalized spacial score (nSPS) is 10.4. The van der Waals surface area contributed by atoms with E-state index in [1.165, 1.54) is 0 Å². The Kier molecular flexibility index (Phi) is 4.11. The van der Waals surface area contributed by atoms with Crippen LogP contribution in [0.5, 0.6) is 0 Å². The highest BCUT2D eigenvalue weighted by Gasteiger charge is 2.12. The third-order valence-corrected chi connectivity index (χ3v) is 3.74. The minimum absolute atomic E-state index is 0.169. The molecule has 0 fully saturated rings. The molecule has 1 aromatic heterocycles. The van der Waals surface area contributed by atoms with E-state index in [4.69, 9.17) is 0 Å². The van der Waals surface area contributed by atoms with E-state index < -0.39 is 0 Å². The lowest BCUT2D eigenvalue weighted by molar-refractivity contribution is -0.385. The zero-order valence-corrected chi connectivity index (χ0v) is 11.7. The lowest BCUT2D eigenvalue weighted by atomic mass is 10.1. The van der Waals surface area contributed by atoms with Crippen LogP contribution in [0.25, 0.3) is 0 Å². The molecule has 1 N–H and O–H groups in total. The van der Waals surface area contributed by atoms with Gasteiger partial charge < -0.3 is 5.32 Å². The molecule has 0 amide bonds. The fraction of sp³-hybridized carbons (Fsp3) is 0.308. The molecule has 0 saturated heterocycles. The van der Waals surface area contributed by atoms with Gasteiger partial charge in [0.25, 0.3) is 5.69 Å². The van der Waals surface area contributed by atoms with Crippen LogP contribution in [-0.4, -0.2) is 9.91 Å². The maximum Gasteiger partial charge on any atom is 0.274 e. The van der Waals surface area contributed by atoms with Crippen LogP contribution in [0, 0.1) is 17.0 Å². The second-order valence-electron chi connectivity index (χ2n) is 4.19. The summed E-state index contributed by atoms with van der Waals surface area (Å²) in [7, 11) is 0. The number of aryl methyl sites for hydroxylation is 2. The van der Waals surface area contributed by atoms with E-state index in [0.717, 1.165) is 22.0 Å². The van der Waals surface area contributed by atoms with E-state index in [2.05, 4.69) is 10.3 Å². The summed E-state index contributed by atoms with van der Waals surface area (Å²) in [4.78, 5) is 15.0. The third kappa shape index (κ3) is 3.29. The molecule has 0 spiro atoms. The number of thiazole rings is 1. The SMILES string of the molecule is CCc1ccc(NCc2nc(C)cs2)cc1[N+](=O)[O-]. The zero-order valence-electron chi connectivity index (χ0n) is 10.8. The predicted octanol–water partition coefficient (Wildman–Crippen LogP) is 3.53. The van der Waals surface area contributed by atoms with Crippen LogP contribution in [0.2, 0.25) is 0 Å². The van der Waals surface area contributed by atoms with Crippen molar-refractivity contribution in [1.82, 2.24) is 4.98 Å². The molecule has 100 valence electrons. The Morgan fingerprint density at radius 1 is 1.47 bits per heavy atom. The molecule has 19 heavy (non-hydrogen) atoms. The Labute approximate surface area is 115 Å². The van der Waals surface area contributed by atoms with Gasteiger partial charge in [-0.15, -0.1) is 11.3 Å². The summed E-state index contributed by atoms with van der Waals surface area (Å²) in [5.74, 6) is 0. The number of nitrogens with one attached hydrogen (secondary N) is 1. The number of benzene rings is 1. The first kappa shape index (κ1) is 13.5. The van der Waals surface area contributed by atoms with Crippen molar-refractivity contribution in [2.24, 2.45) is 0 Å². The fourth-order valence-electron chi connectivity index (χ4n) is 1.80. The van der Waals surface area contributed by atoms with Crippen molar-refractivity contribution >= 4 is 22.7 Å². The standard InChI is InChI=1S/C13H15N3O2S/c1-3-10-4-5-11(6-12(10)16(17)18)14-7-13-15-9(2)8-19-13/h4-6,8,14H,3,7H2,1-2H3. The number of nitro groups is 1. The molecule has 5 nitrogen and oxygen atoms in total. The molecule has 1 aromatic carbocycles. The third-order valence-electron chi connectivity index (χ3n) is 2.77. The average molecular weight is 277 g/mol. The molecule has 2 aromatic rings. The maximum atomic E-state index is 11.0. The lowest BCUT2D eigenvalue weighted by Gasteiger charge is -2.06. The first-order valence-electron chi connectivity index (χ1n) is 6.02. The molecular formula is C13H15N3O2S. The summed E-state index contributed by atoms with van der Waals surface area (Å²) in [6.45, 7) is 4.44. The predicted molar refractivity (Wildman–Crippen MR) is 76.7 cm³/mol. The molecule has 0 aliphatic rings. The second-order valence-corrected chi connectivity index (χ2v) is 5.13. The minimum Gasteiger partial charge on any atom is -0.378 e. The summed E-state index contributed by atoms with van der Waals surface area (Å²) >= 11 is 1.58. The van der Waals surface area contributed by atoms with Crippen molar-refractivity contribution < 1.29 is 4.92 Å². The summed E-state index contributed by atoms with van der Waals surface area (Å²) < 4.78 is 0. The summed E-state index contributed by atoms with van der Waals surface area (Å²) in [5, 5.41) is 17.1. The van der Waals surface area contributed by atoms with Gasteiger partial charge in [-0.2, -0.15) is 0 Å². The van der Waals surface area contributed by atoms with E-state index in [-0.39, 0.29) is 10.6 Å². The molecule has 0 saturated carbocycles. The van der Waals surface area contributed by atoms with E-state index in [1.807, 2.05) is 25.3 Å². The number of hydrogen-bond acceptors (Lipinski definition) is 5. The Balaban J connectivity index is 2.12. The Hall–Kier alpha value is -1.95. The minimum atomic E-state index is -0.336. The molecule has 0 bridgehead atoms. The van der Waals surface area contributed by atoms with Gasteiger partial charge in [0.1, 0.15) is 5.01 Å². The van der Waals surface area contributed by atoms with Crippen molar-refractivity contribution in [3.05, 3.63) is 50.0 Å². The Morgan fingerprint density at radius 3 is 2.84 bits per heavy atom. The highest BCUT2D eigenvalue weighted by atomic mass is 32.1.